The van der Waals surface area contributed by atoms with Gasteiger partial charge in [0.1, 0.15) is 6.61 Å². The van der Waals surface area contributed by atoms with E-state index in [-0.39, 0.29) is 5.92 Å². The zero-order valence-corrected chi connectivity index (χ0v) is 22.6. The predicted molar refractivity (Wildman–Crippen MR) is 142 cm³/mol. The lowest BCUT2D eigenvalue weighted by atomic mass is 9.98. The Morgan fingerprint density at radius 3 is 2.23 bits per heavy atom. The van der Waals surface area contributed by atoms with Gasteiger partial charge in [-0.25, -0.2) is 4.79 Å². The van der Waals surface area contributed by atoms with Crippen LogP contribution in [0.25, 0.3) is 11.1 Å². The van der Waals surface area contributed by atoms with E-state index >= 15 is 0 Å². The Bertz CT molecular complexity index is 1080. The molecule has 1 aliphatic carbocycles. The van der Waals surface area contributed by atoms with Gasteiger partial charge in [-0.15, -0.1) is 0 Å². The fourth-order valence-electron chi connectivity index (χ4n) is 4.23. The van der Waals surface area contributed by atoms with Gasteiger partial charge in [0.2, 0.25) is 0 Å². The molecule has 1 heterocycles. The van der Waals surface area contributed by atoms with Crippen molar-refractivity contribution in [2.24, 2.45) is 0 Å². The molecule has 0 saturated carbocycles. The number of hydrogen-bond donors (Lipinski definition) is 1. The minimum atomic E-state index is -0.434. The minimum absolute atomic E-state index is 0.0555. The summed E-state index contributed by atoms with van der Waals surface area (Å²) in [5, 5.41) is 8.76. The third kappa shape index (κ3) is 6.73. The summed E-state index contributed by atoms with van der Waals surface area (Å²) >= 11 is 6.91. The van der Waals surface area contributed by atoms with E-state index in [0.717, 1.165) is 22.0 Å². The molecule has 0 aliphatic heterocycles. The first-order valence-electron chi connectivity index (χ1n) is 11.6. The summed E-state index contributed by atoms with van der Waals surface area (Å²) in [7, 11) is 0. The highest BCUT2D eigenvalue weighted by Gasteiger charge is 2.28. The molecule has 2 aromatic carbocycles. The molecule has 0 atom stereocenters. The third-order valence-corrected chi connectivity index (χ3v) is 7.02. The molecule has 1 aliphatic rings. The van der Waals surface area contributed by atoms with Crippen LogP contribution >= 0.6 is 31.9 Å². The van der Waals surface area contributed by atoms with Gasteiger partial charge in [0.05, 0.1) is 38.7 Å². The van der Waals surface area contributed by atoms with E-state index in [9.17, 15) is 4.79 Å². The van der Waals surface area contributed by atoms with Crippen LogP contribution in [-0.4, -0.2) is 55.5 Å². The molecule has 0 saturated heterocycles. The highest BCUT2D eigenvalue weighted by molar-refractivity contribution is 9.08. The number of aromatic nitrogens is 2. The first-order chi connectivity index (χ1) is 17.2. The Balaban J connectivity index is 1.08. The Kier molecular flexibility index (Phi) is 9.76. The van der Waals surface area contributed by atoms with Gasteiger partial charge in [-0.2, -0.15) is 5.10 Å². The number of hydrogen-bond acceptors (Lipinski definition) is 5. The minimum Gasteiger partial charge on any atom is -0.449 e. The van der Waals surface area contributed by atoms with Gasteiger partial charge in [0.15, 0.2) is 0 Å². The number of ether oxygens (including phenoxy) is 3. The Morgan fingerprint density at radius 2 is 1.57 bits per heavy atom. The van der Waals surface area contributed by atoms with Crippen molar-refractivity contribution in [3.8, 4) is 11.1 Å². The van der Waals surface area contributed by atoms with Crippen LogP contribution in [0, 0.1) is 0 Å². The second-order valence-corrected chi connectivity index (χ2v) is 9.22. The van der Waals surface area contributed by atoms with E-state index in [0.29, 0.717) is 46.1 Å². The van der Waals surface area contributed by atoms with Crippen molar-refractivity contribution in [3.05, 3.63) is 77.1 Å². The molecule has 35 heavy (non-hydrogen) atoms. The van der Waals surface area contributed by atoms with Gasteiger partial charge < -0.3 is 19.5 Å². The number of nitrogens with zero attached hydrogens (tertiary/aromatic N) is 2. The molecule has 0 bridgehead atoms. The Labute approximate surface area is 222 Å². The number of alkyl halides is 2. The number of carbonyl (C=O) groups excluding carboxylic acids is 1. The molecule has 0 unspecified atom stereocenters. The number of carbonyl (C=O) groups is 1. The number of amides is 1. The molecule has 4 rings (SSSR count). The SMILES string of the molecule is O=C(NCCOCCOCCn1nc(CBr)cc1CBr)OCC1c2ccccc2-c2ccccc21. The van der Waals surface area contributed by atoms with Crippen molar-refractivity contribution < 1.29 is 19.0 Å². The smallest absolute Gasteiger partial charge is 0.407 e. The van der Waals surface area contributed by atoms with Gasteiger partial charge in [-0.05, 0) is 28.3 Å². The van der Waals surface area contributed by atoms with Crippen molar-refractivity contribution in [2.75, 3.05) is 39.6 Å². The molecule has 0 spiro atoms. The second kappa shape index (κ2) is 13.2. The normalized spacial score (nSPS) is 12.4. The predicted octanol–water partition coefficient (Wildman–Crippen LogP) is 5.24. The van der Waals surface area contributed by atoms with Crippen molar-refractivity contribution in [1.82, 2.24) is 15.1 Å². The van der Waals surface area contributed by atoms with E-state index in [1.54, 1.807) is 0 Å². The number of benzene rings is 2. The molecule has 1 aromatic heterocycles. The largest absolute Gasteiger partial charge is 0.449 e. The average molecular weight is 607 g/mol. The summed E-state index contributed by atoms with van der Waals surface area (Å²) in [4.78, 5) is 12.2. The van der Waals surface area contributed by atoms with Crippen LogP contribution in [0.2, 0.25) is 0 Å². The number of fused-ring (bicyclic) bond motifs is 3. The lowest BCUT2D eigenvalue weighted by Gasteiger charge is -2.14. The average Bonchev–Trinajstić information content (AvgIpc) is 3.45. The molecular formula is C26H29Br2N3O4. The zero-order valence-electron chi connectivity index (χ0n) is 19.4. The maximum atomic E-state index is 12.2. The van der Waals surface area contributed by atoms with Gasteiger partial charge in [-0.1, -0.05) is 80.4 Å². The van der Waals surface area contributed by atoms with Crippen LogP contribution in [0.5, 0.6) is 0 Å². The standard InChI is InChI=1S/C26H29Br2N3O4/c27-16-19-15-20(17-28)31(30-19)10-12-34-14-13-33-11-9-29-26(32)35-18-25-23-7-3-1-5-21(23)22-6-2-4-8-24(22)25/h1-8,15,25H,9-14,16-18H2,(H,29,32). The number of halogens is 2. The summed E-state index contributed by atoms with van der Waals surface area (Å²) in [6, 6.07) is 18.6. The van der Waals surface area contributed by atoms with Crippen LogP contribution < -0.4 is 5.32 Å². The fourth-order valence-corrected chi connectivity index (χ4v) is 4.95. The van der Waals surface area contributed by atoms with Gasteiger partial charge in [-0.3, -0.25) is 4.68 Å². The molecule has 3 aromatic rings. The van der Waals surface area contributed by atoms with Crippen molar-refractivity contribution in [1.29, 1.82) is 0 Å². The molecule has 0 fully saturated rings. The van der Waals surface area contributed by atoms with Gasteiger partial charge in [0.25, 0.3) is 0 Å². The maximum Gasteiger partial charge on any atom is 0.407 e. The molecule has 0 radical (unpaired) electrons. The van der Waals surface area contributed by atoms with E-state index in [2.05, 4.69) is 72.6 Å². The van der Waals surface area contributed by atoms with Crippen LogP contribution in [0.15, 0.2) is 54.6 Å². The lowest BCUT2D eigenvalue weighted by Crippen LogP contribution is -2.29. The summed E-state index contributed by atoms with van der Waals surface area (Å²) in [5.41, 5.74) is 6.95. The topological polar surface area (TPSA) is 74.6 Å². The highest BCUT2D eigenvalue weighted by Crippen LogP contribution is 2.44. The summed E-state index contributed by atoms with van der Waals surface area (Å²) < 4.78 is 18.7. The molecule has 9 heteroatoms. The first-order valence-corrected chi connectivity index (χ1v) is 13.9. The Morgan fingerprint density at radius 1 is 0.914 bits per heavy atom. The summed E-state index contributed by atoms with van der Waals surface area (Å²) in [6.07, 6.45) is -0.434. The van der Waals surface area contributed by atoms with Crippen molar-refractivity contribution in [3.63, 3.8) is 0 Å². The lowest BCUT2D eigenvalue weighted by molar-refractivity contribution is 0.0444. The van der Waals surface area contributed by atoms with E-state index in [1.807, 2.05) is 28.9 Å². The van der Waals surface area contributed by atoms with Gasteiger partial charge in [0, 0.05) is 28.8 Å². The monoisotopic (exact) mass is 605 g/mol. The first kappa shape index (κ1) is 25.9. The Hall–Kier alpha value is -2.20. The van der Waals surface area contributed by atoms with Crippen LogP contribution in [0.1, 0.15) is 28.4 Å². The zero-order chi connectivity index (χ0) is 24.5. The number of rotatable bonds is 13. The maximum absolute atomic E-state index is 12.2. The van der Waals surface area contributed by atoms with Crippen molar-refractivity contribution >= 4 is 38.0 Å². The summed E-state index contributed by atoms with van der Waals surface area (Å²) in [6.45, 7) is 3.29. The molecule has 7 nitrogen and oxygen atoms in total. The van der Waals surface area contributed by atoms with Crippen LogP contribution in [0.4, 0.5) is 4.79 Å². The highest BCUT2D eigenvalue weighted by atomic mass is 79.9. The molecular weight excluding hydrogens is 578 g/mol. The molecule has 186 valence electrons. The van der Waals surface area contributed by atoms with E-state index in [1.165, 1.54) is 22.3 Å². The van der Waals surface area contributed by atoms with Crippen LogP contribution in [-0.2, 0) is 31.4 Å². The van der Waals surface area contributed by atoms with E-state index < -0.39 is 6.09 Å². The third-order valence-electron chi connectivity index (χ3n) is 5.87. The van der Waals surface area contributed by atoms with E-state index in [4.69, 9.17) is 14.2 Å². The summed E-state index contributed by atoms with van der Waals surface area (Å²) in [5.74, 6) is 0.0555. The fraction of sp³-hybridized carbons (Fsp3) is 0.385. The molecule has 1 amide bonds. The molecule has 1 N–H and O–H groups in total. The second-order valence-electron chi connectivity index (χ2n) is 8.09. The number of alkyl carbamates (subject to hydrolysis) is 1. The number of nitrogens with one attached hydrogen (secondary N) is 1. The van der Waals surface area contributed by atoms with Crippen molar-refractivity contribution in [2.45, 2.75) is 23.1 Å². The quantitative estimate of drug-likeness (QED) is 0.213. The van der Waals surface area contributed by atoms with Gasteiger partial charge >= 0.3 is 6.09 Å². The van der Waals surface area contributed by atoms with Crippen LogP contribution in [0.3, 0.4) is 0 Å².